The number of esters is 3. The third-order valence-electron chi connectivity index (χ3n) is 15.0. The van der Waals surface area contributed by atoms with Crippen molar-refractivity contribution in [2.75, 3.05) is 13.2 Å². The zero-order valence-electron chi connectivity index (χ0n) is 54.0. The van der Waals surface area contributed by atoms with Crippen molar-refractivity contribution in [3.63, 3.8) is 0 Å². The first-order valence-corrected chi connectivity index (χ1v) is 34.9. The average molecular weight is 1140 g/mol. The number of carbonyl (C=O) groups excluding carboxylic acids is 3. The van der Waals surface area contributed by atoms with Crippen LogP contribution in [0.2, 0.25) is 0 Å². The van der Waals surface area contributed by atoms with Crippen molar-refractivity contribution >= 4 is 17.9 Å². The van der Waals surface area contributed by atoms with Crippen molar-refractivity contribution < 1.29 is 28.6 Å². The highest BCUT2D eigenvalue weighted by Gasteiger charge is 2.19. The molecule has 1 atom stereocenters. The maximum absolute atomic E-state index is 12.9. The van der Waals surface area contributed by atoms with Crippen LogP contribution in [0.5, 0.6) is 0 Å². The van der Waals surface area contributed by atoms with Gasteiger partial charge in [0.1, 0.15) is 13.2 Å². The summed E-state index contributed by atoms with van der Waals surface area (Å²) in [5.74, 6) is -0.892. The van der Waals surface area contributed by atoms with Crippen molar-refractivity contribution in [3.05, 3.63) is 109 Å². The van der Waals surface area contributed by atoms with Crippen LogP contribution >= 0.6 is 0 Å². The van der Waals surface area contributed by atoms with E-state index in [1.165, 1.54) is 167 Å². The number of ether oxygens (including phenoxy) is 3. The van der Waals surface area contributed by atoms with Crippen LogP contribution in [0.25, 0.3) is 0 Å². The summed E-state index contributed by atoms with van der Waals surface area (Å²) in [6.45, 7) is 6.54. The highest BCUT2D eigenvalue weighted by molar-refractivity contribution is 5.71. The zero-order chi connectivity index (χ0) is 59.2. The van der Waals surface area contributed by atoms with Gasteiger partial charge in [-0.3, -0.25) is 14.4 Å². The number of hydrogen-bond donors (Lipinski definition) is 0. The molecule has 0 fully saturated rings. The molecule has 0 spiro atoms. The Balaban J connectivity index is 4.33. The van der Waals surface area contributed by atoms with Gasteiger partial charge in [0.05, 0.1) is 0 Å². The van der Waals surface area contributed by atoms with Crippen molar-refractivity contribution in [1.82, 2.24) is 0 Å². The number of carbonyl (C=O) groups is 3. The fraction of sp³-hybridized carbons (Fsp3) is 0.724. The van der Waals surface area contributed by atoms with Crippen LogP contribution in [0, 0.1) is 0 Å². The molecule has 0 saturated heterocycles. The zero-order valence-corrected chi connectivity index (χ0v) is 54.0. The fourth-order valence-electron chi connectivity index (χ4n) is 9.81. The predicted molar refractivity (Wildman–Crippen MR) is 357 cm³/mol. The molecule has 6 nitrogen and oxygen atoms in total. The second-order valence-corrected chi connectivity index (χ2v) is 23.1. The summed E-state index contributed by atoms with van der Waals surface area (Å²) in [4.78, 5) is 38.4. The van der Waals surface area contributed by atoms with Crippen molar-refractivity contribution in [2.45, 2.75) is 341 Å². The first-order chi connectivity index (χ1) is 40.5. The molecule has 0 N–H and O–H groups in total. The van der Waals surface area contributed by atoms with Gasteiger partial charge in [0, 0.05) is 19.3 Å². The van der Waals surface area contributed by atoms with E-state index in [4.69, 9.17) is 14.2 Å². The summed E-state index contributed by atoms with van der Waals surface area (Å²) in [6, 6.07) is 0. The van der Waals surface area contributed by atoms with E-state index in [-0.39, 0.29) is 31.1 Å². The Morgan fingerprint density at radius 2 is 0.476 bits per heavy atom. The Labute approximate surface area is 508 Å². The van der Waals surface area contributed by atoms with Crippen LogP contribution in [-0.4, -0.2) is 37.2 Å². The minimum absolute atomic E-state index is 0.0844. The maximum Gasteiger partial charge on any atom is 0.306 e. The maximum atomic E-state index is 12.9. The minimum Gasteiger partial charge on any atom is -0.462 e. The summed E-state index contributed by atoms with van der Waals surface area (Å²) < 4.78 is 17.0. The Kier molecular flexibility index (Phi) is 66.2. The Morgan fingerprint density at radius 3 is 0.756 bits per heavy atom. The molecule has 6 heteroatoms. The molecule has 470 valence electrons. The van der Waals surface area contributed by atoms with Gasteiger partial charge < -0.3 is 14.2 Å². The van der Waals surface area contributed by atoms with Crippen LogP contribution < -0.4 is 0 Å². The van der Waals surface area contributed by atoms with Gasteiger partial charge in [0.2, 0.25) is 0 Å². The van der Waals surface area contributed by atoms with Gasteiger partial charge in [-0.1, -0.05) is 316 Å². The van der Waals surface area contributed by atoms with Gasteiger partial charge in [-0.2, -0.15) is 0 Å². The first kappa shape index (κ1) is 78.1. The second-order valence-electron chi connectivity index (χ2n) is 23.1. The summed E-state index contributed by atoms with van der Waals surface area (Å²) in [5.41, 5.74) is 0. The Morgan fingerprint density at radius 1 is 0.256 bits per heavy atom. The standard InChI is InChI=1S/C76H130O6/c1-4-7-10-13-16-19-22-25-28-30-32-33-34-35-36-37-38-39-40-41-42-43-45-46-48-51-54-57-60-63-66-69-75(78)81-72-73(71-80-74(77)68-65-62-59-56-53-50-27-24-21-18-15-12-9-6-3)82-76(79)70-67-64-61-58-55-52-49-47-44-31-29-26-23-20-17-14-11-8-5-2/h7,10,16,19,24-25,27-28,32-33,35-36,38-39,41-42,45-46,73H,4-6,8-9,11-15,17-18,20-23,26,29-31,34,37,40,43-44,47-72H2,1-3H3/b10-7-,19-16-,27-24-,28-25-,33-32-,36-35-,39-38-,42-41-,46-45-. The molecule has 0 amide bonds. The largest absolute Gasteiger partial charge is 0.462 e. The van der Waals surface area contributed by atoms with Gasteiger partial charge in [-0.25, -0.2) is 0 Å². The van der Waals surface area contributed by atoms with Gasteiger partial charge in [0.15, 0.2) is 6.10 Å². The molecular weight excluding hydrogens is 1010 g/mol. The third-order valence-corrected chi connectivity index (χ3v) is 15.0. The summed E-state index contributed by atoms with van der Waals surface area (Å²) >= 11 is 0. The number of unbranched alkanes of at least 4 members (excludes halogenated alkanes) is 34. The van der Waals surface area contributed by atoms with E-state index >= 15 is 0 Å². The molecule has 0 aliphatic carbocycles. The molecule has 0 aromatic heterocycles. The van der Waals surface area contributed by atoms with E-state index in [0.717, 1.165) is 128 Å². The van der Waals surface area contributed by atoms with E-state index in [1.54, 1.807) is 0 Å². The molecule has 0 aliphatic heterocycles. The lowest BCUT2D eigenvalue weighted by molar-refractivity contribution is -0.167. The molecule has 0 aromatic carbocycles. The van der Waals surface area contributed by atoms with Gasteiger partial charge in [-0.15, -0.1) is 0 Å². The predicted octanol–water partition coefficient (Wildman–Crippen LogP) is 24.2. The molecular formula is C76H130O6. The van der Waals surface area contributed by atoms with Gasteiger partial charge in [0.25, 0.3) is 0 Å². The smallest absolute Gasteiger partial charge is 0.306 e. The average Bonchev–Trinajstić information content (AvgIpc) is 3.47. The van der Waals surface area contributed by atoms with Crippen LogP contribution in [0.3, 0.4) is 0 Å². The molecule has 1 unspecified atom stereocenters. The molecule has 0 rings (SSSR count). The minimum atomic E-state index is -0.788. The SMILES string of the molecule is CC/C=C\C/C=C\C/C=C\C/C=C\C/C=C\C/C=C\C/C=C\C/C=C\CCCCCCCCC(=O)OCC(COC(=O)CCCCCCC/C=C\CCCCCCC)OC(=O)CCCCCCCCCCCCCCCCCCCCC. The summed E-state index contributed by atoms with van der Waals surface area (Å²) in [6.07, 6.45) is 95.3. The highest BCUT2D eigenvalue weighted by Crippen LogP contribution is 2.17. The lowest BCUT2D eigenvalue weighted by Gasteiger charge is -2.18. The normalized spacial score (nSPS) is 12.8. The number of rotatable bonds is 63. The molecule has 0 radical (unpaired) electrons. The lowest BCUT2D eigenvalue weighted by atomic mass is 10.0. The molecule has 0 aromatic rings. The molecule has 0 heterocycles. The van der Waals surface area contributed by atoms with E-state index in [1.807, 2.05) is 0 Å². The van der Waals surface area contributed by atoms with Crippen LogP contribution in [0.1, 0.15) is 335 Å². The molecule has 0 aliphatic rings. The van der Waals surface area contributed by atoms with E-state index in [9.17, 15) is 14.4 Å². The summed E-state index contributed by atoms with van der Waals surface area (Å²) in [5, 5.41) is 0. The third kappa shape index (κ3) is 66.9. The molecule has 0 bridgehead atoms. The fourth-order valence-corrected chi connectivity index (χ4v) is 9.81. The quantitative estimate of drug-likeness (QED) is 0.0261. The second kappa shape index (κ2) is 69.6. The van der Waals surface area contributed by atoms with Gasteiger partial charge in [-0.05, 0) is 109 Å². The van der Waals surface area contributed by atoms with Crippen molar-refractivity contribution in [2.24, 2.45) is 0 Å². The Bertz CT molecular complexity index is 1640. The van der Waals surface area contributed by atoms with E-state index in [0.29, 0.717) is 19.3 Å². The van der Waals surface area contributed by atoms with Gasteiger partial charge >= 0.3 is 17.9 Å². The van der Waals surface area contributed by atoms with E-state index in [2.05, 4.69) is 130 Å². The number of hydrogen-bond acceptors (Lipinski definition) is 6. The Hall–Kier alpha value is -3.93. The monoisotopic (exact) mass is 1140 g/mol. The number of allylic oxidation sites excluding steroid dienone is 18. The lowest BCUT2D eigenvalue weighted by Crippen LogP contribution is -2.30. The van der Waals surface area contributed by atoms with E-state index < -0.39 is 6.10 Å². The molecule has 82 heavy (non-hydrogen) atoms. The molecule has 0 saturated carbocycles. The summed E-state index contributed by atoms with van der Waals surface area (Å²) in [7, 11) is 0. The topological polar surface area (TPSA) is 78.9 Å². The van der Waals surface area contributed by atoms with Crippen molar-refractivity contribution in [1.29, 1.82) is 0 Å². The van der Waals surface area contributed by atoms with Crippen LogP contribution in [0.4, 0.5) is 0 Å². The van der Waals surface area contributed by atoms with Crippen LogP contribution in [-0.2, 0) is 28.6 Å². The van der Waals surface area contributed by atoms with Crippen molar-refractivity contribution in [3.8, 4) is 0 Å². The van der Waals surface area contributed by atoms with Crippen LogP contribution in [0.15, 0.2) is 109 Å². The first-order valence-electron chi connectivity index (χ1n) is 34.9. The highest BCUT2D eigenvalue weighted by atomic mass is 16.6.